The standard InChI is InChI=1S/C17H24N2/c1-2-6-14(7-3-1)17-13-18-11-5-4-8-16(18)12-19(17)15-9-10-15/h1-3,6-7,15-17H,4-5,8-13H2. The van der Waals surface area contributed by atoms with Crippen molar-refractivity contribution in [2.24, 2.45) is 0 Å². The molecule has 19 heavy (non-hydrogen) atoms. The van der Waals surface area contributed by atoms with Crippen LogP contribution in [0, 0.1) is 0 Å². The van der Waals surface area contributed by atoms with Gasteiger partial charge in [-0.1, -0.05) is 36.8 Å². The summed E-state index contributed by atoms with van der Waals surface area (Å²) in [5.74, 6) is 0. The lowest BCUT2D eigenvalue weighted by Crippen LogP contribution is -2.56. The first-order valence-corrected chi connectivity index (χ1v) is 7.96. The molecule has 0 radical (unpaired) electrons. The van der Waals surface area contributed by atoms with Crippen molar-refractivity contribution in [2.45, 2.75) is 50.2 Å². The van der Waals surface area contributed by atoms with Crippen LogP contribution in [0.2, 0.25) is 0 Å². The highest BCUT2D eigenvalue weighted by molar-refractivity contribution is 5.21. The fraction of sp³-hybridized carbons (Fsp3) is 0.647. The van der Waals surface area contributed by atoms with Crippen LogP contribution < -0.4 is 0 Å². The highest BCUT2D eigenvalue weighted by Crippen LogP contribution is 2.39. The van der Waals surface area contributed by atoms with Gasteiger partial charge in [-0.05, 0) is 37.8 Å². The highest BCUT2D eigenvalue weighted by Gasteiger charge is 2.41. The monoisotopic (exact) mass is 256 g/mol. The molecule has 2 nitrogen and oxygen atoms in total. The number of nitrogens with zero attached hydrogens (tertiary/aromatic N) is 2. The summed E-state index contributed by atoms with van der Waals surface area (Å²) in [4.78, 5) is 5.59. The minimum Gasteiger partial charge on any atom is -0.297 e. The lowest BCUT2D eigenvalue weighted by molar-refractivity contribution is 0.00336. The van der Waals surface area contributed by atoms with Crippen LogP contribution in [0.4, 0.5) is 0 Å². The lowest BCUT2D eigenvalue weighted by atomic mass is 9.93. The maximum absolute atomic E-state index is 2.82. The molecule has 2 saturated heterocycles. The van der Waals surface area contributed by atoms with Crippen LogP contribution in [0.15, 0.2) is 30.3 Å². The summed E-state index contributed by atoms with van der Waals surface area (Å²) in [6, 6.07) is 13.5. The Balaban J connectivity index is 1.60. The van der Waals surface area contributed by atoms with Crippen molar-refractivity contribution in [3.63, 3.8) is 0 Å². The zero-order chi connectivity index (χ0) is 12.7. The third-order valence-electron chi connectivity index (χ3n) is 5.18. The lowest BCUT2D eigenvalue weighted by Gasteiger charge is -2.49. The van der Waals surface area contributed by atoms with Gasteiger partial charge in [0.15, 0.2) is 0 Å². The molecule has 0 bridgehead atoms. The first-order valence-electron chi connectivity index (χ1n) is 7.96. The predicted molar refractivity (Wildman–Crippen MR) is 78.1 cm³/mol. The molecule has 3 fully saturated rings. The molecule has 0 N–H and O–H groups in total. The molecular weight excluding hydrogens is 232 g/mol. The van der Waals surface area contributed by atoms with Gasteiger partial charge in [-0.25, -0.2) is 0 Å². The Morgan fingerprint density at radius 2 is 1.68 bits per heavy atom. The molecule has 2 unspecified atom stereocenters. The molecular formula is C17H24N2. The molecule has 2 heteroatoms. The molecule has 0 aromatic heterocycles. The number of hydrogen-bond acceptors (Lipinski definition) is 2. The summed E-state index contributed by atoms with van der Waals surface area (Å²) >= 11 is 0. The Kier molecular flexibility index (Phi) is 3.08. The molecule has 0 spiro atoms. The zero-order valence-electron chi connectivity index (χ0n) is 11.7. The quantitative estimate of drug-likeness (QED) is 0.802. The largest absolute Gasteiger partial charge is 0.297 e. The van der Waals surface area contributed by atoms with E-state index in [1.54, 1.807) is 0 Å². The van der Waals surface area contributed by atoms with E-state index in [2.05, 4.69) is 40.1 Å². The molecule has 3 aliphatic rings. The minimum absolute atomic E-state index is 0.642. The van der Waals surface area contributed by atoms with E-state index < -0.39 is 0 Å². The number of piperidine rings is 1. The van der Waals surface area contributed by atoms with Crippen molar-refractivity contribution >= 4 is 0 Å². The van der Waals surface area contributed by atoms with Gasteiger partial charge >= 0.3 is 0 Å². The Labute approximate surface area is 116 Å². The van der Waals surface area contributed by atoms with Crippen molar-refractivity contribution in [1.82, 2.24) is 9.80 Å². The molecule has 2 atom stereocenters. The fourth-order valence-corrected chi connectivity index (χ4v) is 3.99. The minimum atomic E-state index is 0.642. The van der Waals surface area contributed by atoms with Crippen LogP contribution in [-0.2, 0) is 0 Å². The third-order valence-corrected chi connectivity index (χ3v) is 5.18. The van der Waals surface area contributed by atoms with E-state index in [9.17, 15) is 0 Å². The van der Waals surface area contributed by atoms with Crippen LogP contribution in [0.5, 0.6) is 0 Å². The van der Waals surface area contributed by atoms with E-state index in [0.717, 1.165) is 12.1 Å². The Morgan fingerprint density at radius 3 is 2.47 bits per heavy atom. The molecule has 1 aromatic carbocycles. The Hall–Kier alpha value is -0.860. The molecule has 0 amide bonds. The number of fused-ring (bicyclic) bond motifs is 1. The van der Waals surface area contributed by atoms with Crippen molar-refractivity contribution in [1.29, 1.82) is 0 Å². The summed E-state index contributed by atoms with van der Waals surface area (Å²) in [5, 5.41) is 0. The predicted octanol–water partition coefficient (Wildman–Crippen LogP) is 3.06. The maximum atomic E-state index is 2.82. The van der Waals surface area contributed by atoms with Gasteiger partial charge in [-0.2, -0.15) is 0 Å². The van der Waals surface area contributed by atoms with Crippen LogP contribution in [0.3, 0.4) is 0 Å². The van der Waals surface area contributed by atoms with Crippen molar-refractivity contribution in [3.05, 3.63) is 35.9 Å². The van der Waals surface area contributed by atoms with E-state index in [0.29, 0.717) is 6.04 Å². The van der Waals surface area contributed by atoms with Crippen LogP contribution in [0.1, 0.15) is 43.7 Å². The second kappa shape index (κ2) is 4.92. The van der Waals surface area contributed by atoms with Crippen LogP contribution in [-0.4, -0.2) is 41.5 Å². The molecule has 102 valence electrons. The van der Waals surface area contributed by atoms with Gasteiger partial charge in [-0.15, -0.1) is 0 Å². The molecule has 1 saturated carbocycles. The number of rotatable bonds is 2. The van der Waals surface area contributed by atoms with Gasteiger partial charge in [0.25, 0.3) is 0 Å². The van der Waals surface area contributed by atoms with Gasteiger partial charge in [-0.3, -0.25) is 9.80 Å². The summed E-state index contributed by atoms with van der Waals surface area (Å²) < 4.78 is 0. The smallest absolute Gasteiger partial charge is 0.0478 e. The Morgan fingerprint density at radius 1 is 0.842 bits per heavy atom. The van der Waals surface area contributed by atoms with Crippen molar-refractivity contribution in [3.8, 4) is 0 Å². The average Bonchev–Trinajstić information content (AvgIpc) is 3.31. The van der Waals surface area contributed by atoms with Crippen LogP contribution >= 0.6 is 0 Å². The third kappa shape index (κ3) is 2.32. The topological polar surface area (TPSA) is 6.48 Å². The second-order valence-corrected chi connectivity index (χ2v) is 6.50. The zero-order valence-corrected chi connectivity index (χ0v) is 11.7. The fourth-order valence-electron chi connectivity index (χ4n) is 3.99. The summed E-state index contributed by atoms with van der Waals surface area (Å²) in [6.07, 6.45) is 7.12. The molecule has 2 aliphatic heterocycles. The second-order valence-electron chi connectivity index (χ2n) is 6.50. The van der Waals surface area contributed by atoms with Gasteiger partial charge < -0.3 is 0 Å². The summed E-state index contributed by atoms with van der Waals surface area (Å²) in [6.45, 7) is 3.89. The van der Waals surface area contributed by atoms with Crippen LogP contribution in [0.25, 0.3) is 0 Å². The highest BCUT2D eigenvalue weighted by atomic mass is 15.3. The van der Waals surface area contributed by atoms with E-state index in [4.69, 9.17) is 0 Å². The normalized spacial score (nSPS) is 33.1. The molecule has 1 aliphatic carbocycles. The van der Waals surface area contributed by atoms with E-state index >= 15 is 0 Å². The number of piperazine rings is 1. The maximum Gasteiger partial charge on any atom is 0.0478 e. The van der Waals surface area contributed by atoms with Crippen molar-refractivity contribution < 1.29 is 0 Å². The molecule has 4 rings (SSSR count). The van der Waals surface area contributed by atoms with Gasteiger partial charge in [0, 0.05) is 31.2 Å². The van der Waals surface area contributed by atoms with E-state index in [-0.39, 0.29) is 0 Å². The first-order chi connectivity index (χ1) is 9.42. The molecule has 2 heterocycles. The van der Waals surface area contributed by atoms with E-state index in [1.165, 1.54) is 57.3 Å². The average molecular weight is 256 g/mol. The summed E-state index contributed by atoms with van der Waals surface area (Å²) in [5.41, 5.74) is 1.53. The summed E-state index contributed by atoms with van der Waals surface area (Å²) in [7, 11) is 0. The van der Waals surface area contributed by atoms with Crippen molar-refractivity contribution in [2.75, 3.05) is 19.6 Å². The number of benzene rings is 1. The van der Waals surface area contributed by atoms with Gasteiger partial charge in [0.05, 0.1) is 0 Å². The SMILES string of the molecule is c1ccc(C2CN3CCCCC3CN2C2CC2)cc1. The number of hydrogen-bond donors (Lipinski definition) is 0. The van der Waals surface area contributed by atoms with E-state index in [1.807, 2.05) is 0 Å². The van der Waals surface area contributed by atoms with Gasteiger partial charge in [0.2, 0.25) is 0 Å². The van der Waals surface area contributed by atoms with Gasteiger partial charge in [0.1, 0.15) is 0 Å². The molecule has 1 aromatic rings. The first kappa shape index (κ1) is 11.9. The Bertz CT molecular complexity index is 426.